The molecule has 0 radical (unpaired) electrons. The van der Waals surface area contributed by atoms with E-state index in [-0.39, 0.29) is 17.4 Å². The maximum Gasteiger partial charge on any atom is 0.251 e. The van der Waals surface area contributed by atoms with Crippen LogP contribution in [0.5, 0.6) is 0 Å². The Morgan fingerprint density at radius 2 is 1.82 bits per heavy atom. The fraction of sp³-hybridized carbons (Fsp3) is 0.348. The molecular formula is C23H26N4O. The highest BCUT2D eigenvalue weighted by Crippen LogP contribution is 2.32. The molecule has 0 unspecified atom stereocenters. The summed E-state index contributed by atoms with van der Waals surface area (Å²) in [5.74, 6) is -0.0671. The predicted octanol–water partition coefficient (Wildman–Crippen LogP) is 4.37. The number of nitrogens with one attached hydrogen (secondary N) is 1. The Labute approximate surface area is 165 Å². The summed E-state index contributed by atoms with van der Waals surface area (Å²) in [6.45, 7) is 6.65. The van der Waals surface area contributed by atoms with Crippen molar-refractivity contribution >= 4 is 5.91 Å². The standard InChI is InChI=1S/C23H26N4O/c1-23(2,3)17-7-9-18(10-8-17)27-21-6-4-5-20(19(21)15-25-27)26-22(28)16-11-13-24-14-12-16/h7-15,20H,4-6H2,1-3H3,(H,26,28)/t20-/m1/s1. The Morgan fingerprint density at radius 1 is 1.11 bits per heavy atom. The third-order valence-electron chi connectivity index (χ3n) is 5.41. The van der Waals surface area contributed by atoms with Crippen LogP contribution in [0, 0.1) is 0 Å². The Bertz CT molecular complexity index is 968. The van der Waals surface area contributed by atoms with Gasteiger partial charge in [-0.1, -0.05) is 32.9 Å². The van der Waals surface area contributed by atoms with Crippen LogP contribution in [-0.2, 0) is 11.8 Å². The lowest BCUT2D eigenvalue weighted by Gasteiger charge is -2.24. The molecule has 1 aliphatic carbocycles. The summed E-state index contributed by atoms with van der Waals surface area (Å²) < 4.78 is 2.02. The molecule has 0 fully saturated rings. The number of carbonyl (C=O) groups excluding carboxylic acids is 1. The molecule has 5 nitrogen and oxygen atoms in total. The molecule has 0 aliphatic heterocycles. The third kappa shape index (κ3) is 3.57. The zero-order chi connectivity index (χ0) is 19.7. The molecule has 0 bridgehead atoms. The molecule has 5 heteroatoms. The fourth-order valence-electron chi connectivity index (χ4n) is 3.78. The molecule has 0 spiro atoms. The zero-order valence-corrected chi connectivity index (χ0v) is 16.6. The van der Waals surface area contributed by atoms with E-state index in [0.29, 0.717) is 5.56 Å². The van der Waals surface area contributed by atoms with Crippen molar-refractivity contribution in [3.05, 3.63) is 77.4 Å². The van der Waals surface area contributed by atoms with Crippen LogP contribution < -0.4 is 5.32 Å². The predicted molar refractivity (Wildman–Crippen MR) is 110 cm³/mol. The second-order valence-electron chi connectivity index (χ2n) is 8.41. The van der Waals surface area contributed by atoms with E-state index in [0.717, 1.165) is 30.5 Å². The molecule has 1 aliphatic rings. The maximum atomic E-state index is 12.6. The number of pyridine rings is 1. The Balaban J connectivity index is 1.59. The van der Waals surface area contributed by atoms with Gasteiger partial charge < -0.3 is 5.32 Å². The first-order valence-corrected chi connectivity index (χ1v) is 9.82. The molecule has 144 valence electrons. The second kappa shape index (κ2) is 7.23. The van der Waals surface area contributed by atoms with Crippen LogP contribution in [0.2, 0.25) is 0 Å². The average molecular weight is 374 g/mol. The van der Waals surface area contributed by atoms with Crippen molar-refractivity contribution in [3.63, 3.8) is 0 Å². The van der Waals surface area contributed by atoms with Crippen LogP contribution in [-0.4, -0.2) is 20.7 Å². The first-order chi connectivity index (χ1) is 13.4. The molecular weight excluding hydrogens is 348 g/mol. The number of rotatable bonds is 3. The normalized spacial score (nSPS) is 16.5. The minimum atomic E-state index is -0.0671. The lowest BCUT2D eigenvalue weighted by atomic mass is 9.87. The monoisotopic (exact) mass is 374 g/mol. The Hall–Kier alpha value is -2.95. The van der Waals surface area contributed by atoms with E-state index in [1.165, 1.54) is 11.3 Å². The van der Waals surface area contributed by atoms with Gasteiger partial charge in [0.25, 0.3) is 5.91 Å². The van der Waals surface area contributed by atoms with E-state index >= 15 is 0 Å². The molecule has 2 aromatic heterocycles. The Kier molecular flexibility index (Phi) is 4.75. The largest absolute Gasteiger partial charge is 0.345 e. The number of benzene rings is 1. The molecule has 2 heterocycles. The minimum Gasteiger partial charge on any atom is -0.345 e. The summed E-state index contributed by atoms with van der Waals surface area (Å²) in [5.41, 5.74) is 5.44. The number of fused-ring (bicyclic) bond motifs is 1. The Morgan fingerprint density at radius 3 is 2.50 bits per heavy atom. The van der Waals surface area contributed by atoms with E-state index in [2.05, 4.69) is 60.4 Å². The first kappa shape index (κ1) is 18.4. The van der Waals surface area contributed by atoms with Crippen molar-refractivity contribution in [2.75, 3.05) is 0 Å². The van der Waals surface area contributed by atoms with Gasteiger partial charge in [-0.3, -0.25) is 9.78 Å². The highest BCUT2D eigenvalue weighted by molar-refractivity contribution is 5.94. The van der Waals surface area contributed by atoms with Gasteiger partial charge in [-0.25, -0.2) is 4.68 Å². The highest BCUT2D eigenvalue weighted by atomic mass is 16.1. The molecule has 0 saturated carbocycles. The van der Waals surface area contributed by atoms with Crippen LogP contribution in [0.4, 0.5) is 0 Å². The van der Waals surface area contributed by atoms with Crippen molar-refractivity contribution in [1.82, 2.24) is 20.1 Å². The average Bonchev–Trinajstić information content (AvgIpc) is 3.13. The van der Waals surface area contributed by atoms with Crippen LogP contribution in [0.3, 0.4) is 0 Å². The van der Waals surface area contributed by atoms with Crippen molar-refractivity contribution in [2.45, 2.75) is 51.5 Å². The van der Waals surface area contributed by atoms with Gasteiger partial charge in [-0.2, -0.15) is 5.10 Å². The number of hydrogen-bond acceptors (Lipinski definition) is 3. The van der Waals surface area contributed by atoms with Gasteiger partial charge in [0.2, 0.25) is 0 Å². The zero-order valence-electron chi connectivity index (χ0n) is 16.6. The second-order valence-corrected chi connectivity index (χ2v) is 8.41. The summed E-state index contributed by atoms with van der Waals surface area (Å²) in [6, 6.07) is 12.1. The SMILES string of the molecule is CC(C)(C)c1ccc(-n2ncc3c2CCC[C@H]3NC(=O)c2ccncc2)cc1. The van der Waals surface area contributed by atoms with Crippen molar-refractivity contribution in [1.29, 1.82) is 0 Å². The quantitative estimate of drug-likeness (QED) is 0.740. The van der Waals surface area contributed by atoms with Gasteiger partial charge >= 0.3 is 0 Å². The van der Waals surface area contributed by atoms with Gasteiger partial charge in [0.05, 0.1) is 17.9 Å². The number of hydrogen-bond donors (Lipinski definition) is 1. The summed E-state index contributed by atoms with van der Waals surface area (Å²) in [5, 5.41) is 7.81. The smallest absolute Gasteiger partial charge is 0.251 e. The third-order valence-corrected chi connectivity index (χ3v) is 5.41. The topological polar surface area (TPSA) is 59.8 Å². The van der Waals surface area contributed by atoms with Gasteiger partial charge in [0.15, 0.2) is 0 Å². The first-order valence-electron chi connectivity index (χ1n) is 9.82. The molecule has 1 N–H and O–H groups in total. The van der Waals surface area contributed by atoms with Crippen LogP contribution in [0.1, 0.15) is 66.8 Å². The van der Waals surface area contributed by atoms with Crippen LogP contribution in [0.25, 0.3) is 5.69 Å². The highest BCUT2D eigenvalue weighted by Gasteiger charge is 2.26. The molecule has 4 rings (SSSR count). The van der Waals surface area contributed by atoms with E-state index < -0.39 is 0 Å². The van der Waals surface area contributed by atoms with E-state index in [1.807, 2.05) is 10.9 Å². The number of amides is 1. The minimum absolute atomic E-state index is 0.00739. The van der Waals surface area contributed by atoms with Crippen molar-refractivity contribution in [3.8, 4) is 5.69 Å². The molecule has 1 atom stereocenters. The molecule has 0 saturated heterocycles. The van der Waals surface area contributed by atoms with Crippen molar-refractivity contribution < 1.29 is 4.79 Å². The van der Waals surface area contributed by atoms with E-state index in [9.17, 15) is 4.79 Å². The van der Waals surface area contributed by atoms with Crippen molar-refractivity contribution in [2.24, 2.45) is 0 Å². The summed E-state index contributed by atoms with van der Waals surface area (Å²) >= 11 is 0. The summed E-state index contributed by atoms with van der Waals surface area (Å²) in [7, 11) is 0. The van der Waals surface area contributed by atoms with Crippen LogP contribution in [0.15, 0.2) is 55.0 Å². The molecule has 3 aromatic rings. The summed E-state index contributed by atoms with van der Waals surface area (Å²) in [4.78, 5) is 16.5. The van der Waals surface area contributed by atoms with Gasteiger partial charge in [0, 0.05) is 29.2 Å². The van der Waals surface area contributed by atoms with E-state index in [1.54, 1.807) is 24.5 Å². The van der Waals surface area contributed by atoms with Gasteiger partial charge in [-0.05, 0) is 54.5 Å². The molecule has 1 amide bonds. The number of aromatic nitrogens is 3. The number of carbonyl (C=O) groups is 1. The van der Waals surface area contributed by atoms with Crippen LogP contribution >= 0.6 is 0 Å². The van der Waals surface area contributed by atoms with E-state index in [4.69, 9.17) is 0 Å². The summed E-state index contributed by atoms with van der Waals surface area (Å²) in [6.07, 6.45) is 8.11. The maximum absolute atomic E-state index is 12.6. The molecule has 28 heavy (non-hydrogen) atoms. The lowest BCUT2D eigenvalue weighted by Crippen LogP contribution is -2.31. The lowest BCUT2D eigenvalue weighted by molar-refractivity contribution is 0.0932. The molecule has 1 aromatic carbocycles. The fourth-order valence-corrected chi connectivity index (χ4v) is 3.78. The van der Waals surface area contributed by atoms with Gasteiger partial charge in [0.1, 0.15) is 0 Å². The number of nitrogens with zero attached hydrogens (tertiary/aromatic N) is 3. The van der Waals surface area contributed by atoms with Gasteiger partial charge in [-0.15, -0.1) is 0 Å².